The van der Waals surface area contributed by atoms with Gasteiger partial charge in [0.2, 0.25) is 0 Å². The van der Waals surface area contributed by atoms with Crippen LogP contribution in [0.15, 0.2) is 21.1 Å². The Hall–Kier alpha value is 0.140. The minimum Gasteiger partial charge on any atom is -0.310 e. The molecule has 1 N–H and O–H groups in total. The monoisotopic (exact) mass is 361 g/mol. The molecule has 0 aromatic heterocycles. The Kier molecular flexibility index (Phi) is 5.23. The molecule has 1 atom stereocenters. The first kappa shape index (κ1) is 15.2. The summed E-state index contributed by atoms with van der Waals surface area (Å²) in [6, 6.07) is 4.74. The van der Waals surface area contributed by atoms with Crippen LogP contribution in [0.3, 0.4) is 0 Å². The Balaban J connectivity index is 3.23. The number of hydrogen-bond acceptors (Lipinski definition) is 1. The molecule has 1 nitrogen and oxygen atoms in total. The van der Waals surface area contributed by atoms with Crippen LogP contribution in [0.5, 0.6) is 0 Å². The topological polar surface area (TPSA) is 12.0 Å². The fraction of sp³-hybridized carbons (Fsp3) is 0.571. The molecule has 0 saturated heterocycles. The smallest absolute Gasteiger partial charge is 0.0380 e. The number of halogens is 2. The quantitative estimate of drug-likeness (QED) is 0.777. The van der Waals surface area contributed by atoms with Crippen molar-refractivity contribution in [2.24, 2.45) is 5.41 Å². The van der Waals surface area contributed by atoms with Crippen molar-refractivity contribution < 1.29 is 0 Å². The molecule has 0 radical (unpaired) electrons. The molecule has 0 aliphatic rings. The lowest BCUT2D eigenvalue weighted by Crippen LogP contribution is -2.32. The molecule has 0 aliphatic heterocycles. The maximum absolute atomic E-state index is 3.68. The van der Waals surface area contributed by atoms with Crippen molar-refractivity contribution in [3.63, 3.8) is 0 Å². The van der Waals surface area contributed by atoms with E-state index in [0.717, 1.165) is 6.54 Å². The standard InChI is InChI=1S/C14H21Br2N/c1-6-17-13(14(3,4)5)10-8-11(15)9(2)7-12(10)16/h7-8,13,17H,6H2,1-5H3. The Labute approximate surface area is 122 Å². The molecule has 0 fully saturated rings. The average Bonchev–Trinajstić information content (AvgIpc) is 2.19. The van der Waals surface area contributed by atoms with Gasteiger partial charge in [-0.05, 0) is 42.1 Å². The zero-order valence-electron chi connectivity index (χ0n) is 11.2. The lowest BCUT2D eigenvalue weighted by Gasteiger charge is -2.33. The summed E-state index contributed by atoms with van der Waals surface area (Å²) < 4.78 is 2.35. The third-order valence-electron chi connectivity index (χ3n) is 2.86. The third-order valence-corrected chi connectivity index (χ3v) is 4.40. The van der Waals surface area contributed by atoms with Gasteiger partial charge in [-0.3, -0.25) is 0 Å². The van der Waals surface area contributed by atoms with Gasteiger partial charge in [-0.25, -0.2) is 0 Å². The van der Waals surface area contributed by atoms with Crippen LogP contribution in [0, 0.1) is 12.3 Å². The predicted molar refractivity (Wildman–Crippen MR) is 82.5 cm³/mol. The average molecular weight is 363 g/mol. The van der Waals surface area contributed by atoms with Crippen molar-refractivity contribution in [1.29, 1.82) is 0 Å². The van der Waals surface area contributed by atoms with E-state index < -0.39 is 0 Å². The second kappa shape index (κ2) is 5.85. The van der Waals surface area contributed by atoms with E-state index >= 15 is 0 Å². The first-order valence-electron chi connectivity index (χ1n) is 5.96. The molecule has 0 bridgehead atoms. The van der Waals surface area contributed by atoms with E-state index in [4.69, 9.17) is 0 Å². The molecular formula is C14H21Br2N. The summed E-state index contributed by atoms with van der Waals surface area (Å²) in [5.41, 5.74) is 2.76. The maximum atomic E-state index is 3.68. The summed E-state index contributed by atoms with van der Waals surface area (Å²) in [5.74, 6) is 0. The number of benzene rings is 1. The molecule has 0 spiro atoms. The zero-order valence-corrected chi connectivity index (χ0v) is 14.4. The summed E-state index contributed by atoms with van der Waals surface area (Å²) in [5, 5.41) is 3.58. The summed E-state index contributed by atoms with van der Waals surface area (Å²) in [6.45, 7) is 12.0. The lowest BCUT2D eigenvalue weighted by atomic mass is 9.82. The Morgan fingerprint density at radius 1 is 1.18 bits per heavy atom. The van der Waals surface area contributed by atoms with Crippen LogP contribution < -0.4 is 5.32 Å². The number of nitrogens with one attached hydrogen (secondary N) is 1. The van der Waals surface area contributed by atoms with E-state index in [1.807, 2.05) is 0 Å². The van der Waals surface area contributed by atoms with Crippen molar-refractivity contribution in [2.45, 2.75) is 40.7 Å². The van der Waals surface area contributed by atoms with Crippen LogP contribution >= 0.6 is 31.9 Å². The maximum Gasteiger partial charge on any atom is 0.0380 e. The van der Waals surface area contributed by atoms with Gasteiger partial charge in [0.1, 0.15) is 0 Å². The Morgan fingerprint density at radius 2 is 1.76 bits per heavy atom. The van der Waals surface area contributed by atoms with Crippen LogP contribution in [-0.2, 0) is 0 Å². The van der Waals surface area contributed by atoms with Crippen LogP contribution in [-0.4, -0.2) is 6.54 Å². The molecule has 1 aromatic carbocycles. The molecule has 17 heavy (non-hydrogen) atoms. The van der Waals surface area contributed by atoms with Gasteiger partial charge in [0.05, 0.1) is 0 Å². The minimum absolute atomic E-state index is 0.188. The van der Waals surface area contributed by atoms with Crippen molar-refractivity contribution in [2.75, 3.05) is 6.54 Å². The largest absolute Gasteiger partial charge is 0.310 e. The third kappa shape index (κ3) is 3.80. The van der Waals surface area contributed by atoms with Crippen LogP contribution in [0.2, 0.25) is 0 Å². The minimum atomic E-state index is 0.188. The fourth-order valence-corrected chi connectivity index (χ4v) is 3.02. The Morgan fingerprint density at radius 3 is 2.24 bits per heavy atom. The first-order chi connectivity index (χ1) is 7.77. The van der Waals surface area contributed by atoms with E-state index in [9.17, 15) is 0 Å². The molecule has 0 aliphatic carbocycles. The first-order valence-corrected chi connectivity index (χ1v) is 7.55. The number of hydrogen-bond donors (Lipinski definition) is 1. The van der Waals surface area contributed by atoms with Crippen molar-refractivity contribution in [1.82, 2.24) is 5.32 Å². The van der Waals surface area contributed by atoms with Gasteiger partial charge in [-0.15, -0.1) is 0 Å². The molecule has 1 unspecified atom stereocenters. The Bertz CT molecular complexity index is 394. The van der Waals surface area contributed by atoms with E-state index in [-0.39, 0.29) is 5.41 Å². The fourth-order valence-electron chi connectivity index (χ4n) is 1.97. The second-order valence-electron chi connectivity index (χ2n) is 5.48. The normalized spacial score (nSPS) is 13.8. The van der Waals surface area contributed by atoms with Gasteiger partial charge in [0.25, 0.3) is 0 Å². The second-order valence-corrected chi connectivity index (χ2v) is 7.19. The van der Waals surface area contributed by atoms with E-state index in [0.29, 0.717) is 6.04 Å². The summed E-state index contributed by atoms with van der Waals surface area (Å²) in [7, 11) is 0. The van der Waals surface area contributed by atoms with Crippen molar-refractivity contribution >= 4 is 31.9 Å². The molecule has 1 aromatic rings. The summed E-state index contributed by atoms with van der Waals surface area (Å²) in [6.07, 6.45) is 0. The molecule has 0 heterocycles. The van der Waals surface area contributed by atoms with Gasteiger partial charge in [0, 0.05) is 15.0 Å². The van der Waals surface area contributed by atoms with Gasteiger partial charge in [-0.1, -0.05) is 59.6 Å². The highest BCUT2D eigenvalue weighted by Gasteiger charge is 2.27. The molecule has 0 amide bonds. The van der Waals surface area contributed by atoms with E-state index in [1.165, 1.54) is 20.1 Å². The van der Waals surface area contributed by atoms with E-state index in [1.54, 1.807) is 0 Å². The zero-order chi connectivity index (χ0) is 13.2. The van der Waals surface area contributed by atoms with Gasteiger partial charge >= 0.3 is 0 Å². The SMILES string of the molecule is CCNC(c1cc(Br)c(C)cc1Br)C(C)(C)C. The summed E-state index contributed by atoms with van der Waals surface area (Å²) >= 11 is 7.30. The van der Waals surface area contributed by atoms with E-state index in [2.05, 4.69) is 83.9 Å². The summed E-state index contributed by atoms with van der Waals surface area (Å²) in [4.78, 5) is 0. The van der Waals surface area contributed by atoms with Gasteiger partial charge in [0.15, 0.2) is 0 Å². The molecule has 3 heteroatoms. The van der Waals surface area contributed by atoms with Crippen LogP contribution in [0.4, 0.5) is 0 Å². The predicted octanol–water partition coefficient (Wildman–Crippen LogP) is 5.22. The lowest BCUT2D eigenvalue weighted by molar-refractivity contribution is 0.276. The molecule has 1 rings (SSSR count). The van der Waals surface area contributed by atoms with Crippen LogP contribution in [0.1, 0.15) is 44.9 Å². The highest BCUT2D eigenvalue weighted by Crippen LogP contribution is 2.38. The molecule has 0 saturated carbocycles. The van der Waals surface area contributed by atoms with Crippen LogP contribution in [0.25, 0.3) is 0 Å². The number of aryl methyl sites for hydroxylation is 1. The van der Waals surface area contributed by atoms with Gasteiger partial charge in [-0.2, -0.15) is 0 Å². The van der Waals surface area contributed by atoms with Crippen molar-refractivity contribution in [3.05, 3.63) is 32.2 Å². The number of rotatable bonds is 3. The molecule has 96 valence electrons. The molecular weight excluding hydrogens is 342 g/mol. The van der Waals surface area contributed by atoms with Gasteiger partial charge < -0.3 is 5.32 Å². The highest BCUT2D eigenvalue weighted by atomic mass is 79.9. The highest BCUT2D eigenvalue weighted by molar-refractivity contribution is 9.11. The van der Waals surface area contributed by atoms with Crippen molar-refractivity contribution in [3.8, 4) is 0 Å².